The molecule has 0 aliphatic heterocycles. The zero-order chi connectivity index (χ0) is 24.9. The van der Waals surface area contributed by atoms with Crippen LogP contribution in [0.15, 0.2) is 0 Å². The number of Topliss-reactive ketones (excluding diaryl/α,β-unsaturated/α-hetero) is 1. The van der Waals surface area contributed by atoms with E-state index in [1.165, 1.54) is 12.8 Å². The van der Waals surface area contributed by atoms with E-state index in [0.29, 0.717) is 18.3 Å². The molecule has 3 rings (SSSR count). The van der Waals surface area contributed by atoms with Crippen LogP contribution in [0.2, 0.25) is 19.6 Å². The molecule has 3 fully saturated rings. The summed E-state index contributed by atoms with van der Waals surface area (Å²) in [7, 11) is -1.99. The molecule has 0 saturated heterocycles. The molecule has 0 aromatic carbocycles. The summed E-state index contributed by atoms with van der Waals surface area (Å²) in [6, 6.07) is -0.194. The number of hydrogen-bond acceptors (Lipinski definition) is 4. The summed E-state index contributed by atoms with van der Waals surface area (Å²) in [5.74, 6) is 1.03. The second kappa shape index (κ2) is 8.96. The van der Waals surface area contributed by atoms with Gasteiger partial charge in [0.15, 0.2) is 14.1 Å². The van der Waals surface area contributed by atoms with E-state index >= 15 is 0 Å². The van der Waals surface area contributed by atoms with Crippen LogP contribution in [0.4, 0.5) is 4.79 Å². The molecule has 0 spiro atoms. The Balaban J connectivity index is 1.90. The van der Waals surface area contributed by atoms with Gasteiger partial charge in [0.25, 0.3) is 0 Å². The third kappa shape index (κ3) is 5.22. The van der Waals surface area contributed by atoms with Crippen LogP contribution in [0.25, 0.3) is 0 Å². The van der Waals surface area contributed by atoms with Crippen molar-refractivity contribution in [2.75, 3.05) is 0 Å². The Morgan fingerprint density at radius 3 is 2.09 bits per heavy atom. The van der Waals surface area contributed by atoms with Gasteiger partial charge in [0, 0.05) is 17.9 Å². The van der Waals surface area contributed by atoms with E-state index in [1.807, 2.05) is 20.8 Å². The maximum absolute atomic E-state index is 14.4. The number of fused-ring (bicyclic) bond motifs is 2. The molecule has 6 heteroatoms. The van der Waals surface area contributed by atoms with Crippen molar-refractivity contribution < 1.29 is 18.8 Å². The van der Waals surface area contributed by atoms with Gasteiger partial charge in [-0.05, 0) is 89.8 Å². The van der Waals surface area contributed by atoms with Crippen molar-refractivity contribution in [3.05, 3.63) is 0 Å². The highest BCUT2D eigenvalue weighted by Gasteiger charge is 2.72. The lowest BCUT2D eigenvalue weighted by Crippen LogP contribution is -2.60. The molecule has 1 N–H and O–H groups in total. The van der Waals surface area contributed by atoms with Crippen molar-refractivity contribution in [1.29, 1.82) is 0 Å². The Labute approximate surface area is 203 Å². The van der Waals surface area contributed by atoms with Gasteiger partial charge < -0.3 is 14.5 Å². The Morgan fingerprint density at radius 1 is 1.03 bits per heavy atom. The summed E-state index contributed by atoms with van der Waals surface area (Å²) >= 11 is 0. The molecular weight excluding hydrogens is 430 g/mol. The number of carbonyl (C=O) groups excluding carboxylic acids is 2. The lowest BCUT2D eigenvalue weighted by molar-refractivity contribution is -0.152. The van der Waals surface area contributed by atoms with Crippen LogP contribution >= 0.6 is 0 Å². The normalized spacial score (nSPS) is 33.1. The fourth-order valence-corrected chi connectivity index (χ4v) is 8.57. The molecule has 3 aliphatic carbocycles. The van der Waals surface area contributed by atoms with Gasteiger partial charge in [-0.25, -0.2) is 4.79 Å². The van der Waals surface area contributed by atoms with Gasteiger partial charge in [-0.3, -0.25) is 4.79 Å². The molecule has 2 bridgehead atoms. The average Bonchev–Trinajstić information content (AvgIpc) is 2.98. The number of carbonyl (C=O) groups is 2. The quantitative estimate of drug-likeness (QED) is 0.405. The number of amides is 1. The van der Waals surface area contributed by atoms with E-state index < -0.39 is 25.6 Å². The van der Waals surface area contributed by atoms with Crippen molar-refractivity contribution in [1.82, 2.24) is 5.32 Å². The van der Waals surface area contributed by atoms with Gasteiger partial charge in [0.05, 0.1) is 0 Å². The van der Waals surface area contributed by atoms with Crippen LogP contribution in [-0.2, 0) is 14.0 Å². The highest BCUT2D eigenvalue weighted by Crippen LogP contribution is 2.71. The molecular formula is C27H49NO4Si. The molecule has 3 saturated carbocycles. The van der Waals surface area contributed by atoms with Crippen LogP contribution in [0.5, 0.6) is 0 Å². The molecule has 33 heavy (non-hydrogen) atoms. The SMILES string of the molecule is CC(C)(C)OC(=O)N[C@H](CC(=O)[C@]1(O[Si](C)(C)C)C[C@H]2CC[C@]1(C)C2(C)C)C1CCCCC1. The Bertz CT molecular complexity index is 746. The predicted octanol–water partition coefficient (Wildman–Crippen LogP) is 6.86. The van der Waals surface area contributed by atoms with E-state index in [-0.39, 0.29) is 22.7 Å². The third-order valence-corrected chi connectivity index (χ3v) is 10.1. The molecule has 0 aromatic heterocycles. The fraction of sp³-hybridized carbons (Fsp3) is 0.926. The van der Waals surface area contributed by atoms with E-state index in [2.05, 4.69) is 45.7 Å². The van der Waals surface area contributed by atoms with Gasteiger partial charge >= 0.3 is 6.09 Å². The molecule has 3 aliphatic rings. The Hall–Kier alpha value is -0.883. The Kier molecular flexibility index (Phi) is 7.26. The summed E-state index contributed by atoms with van der Waals surface area (Å²) in [5.41, 5.74) is -1.41. The highest BCUT2D eigenvalue weighted by atomic mass is 28.4. The van der Waals surface area contributed by atoms with Crippen molar-refractivity contribution in [3.63, 3.8) is 0 Å². The second-order valence-electron chi connectivity index (χ2n) is 13.8. The van der Waals surface area contributed by atoms with Crippen LogP contribution in [0.1, 0.15) is 99.3 Å². The standard InChI is InChI=1S/C27H49NO4Si/c1-24(2,3)31-23(30)28-21(19-13-11-10-12-14-19)17-22(29)27(32-33(7,8)9)18-20-15-16-26(27,6)25(20,4)5/h19-21H,10-18H2,1-9H3,(H,28,30)/t20-,21-,26-,27-/m1/s1. The van der Waals surface area contributed by atoms with Crippen LogP contribution in [0, 0.1) is 22.7 Å². The smallest absolute Gasteiger partial charge is 0.407 e. The van der Waals surface area contributed by atoms with E-state index in [4.69, 9.17) is 9.16 Å². The Morgan fingerprint density at radius 2 is 1.64 bits per heavy atom. The molecule has 5 nitrogen and oxygen atoms in total. The topological polar surface area (TPSA) is 64.6 Å². The summed E-state index contributed by atoms with van der Waals surface area (Å²) in [6.45, 7) is 19.2. The van der Waals surface area contributed by atoms with Gasteiger partial charge in [-0.15, -0.1) is 0 Å². The maximum atomic E-state index is 14.4. The second-order valence-corrected chi connectivity index (χ2v) is 18.2. The average molecular weight is 480 g/mol. The van der Waals surface area contributed by atoms with Crippen molar-refractivity contribution in [2.24, 2.45) is 22.7 Å². The monoisotopic (exact) mass is 479 g/mol. The summed E-state index contributed by atoms with van der Waals surface area (Å²) in [5, 5.41) is 3.13. The van der Waals surface area contributed by atoms with Crippen molar-refractivity contribution in [2.45, 2.75) is 136 Å². The summed E-state index contributed by atoms with van der Waals surface area (Å²) < 4.78 is 12.5. The summed E-state index contributed by atoms with van der Waals surface area (Å²) in [6.07, 6.45) is 8.64. The number of nitrogens with one attached hydrogen (secondary N) is 1. The molecule has 4 atom stereocenters. The molecule has 1 amide bonds. The molecule has 0 radical (unpaired) electrons. The number of hydrogen-bond donors (Lipinski definition) is 1. The first-order chi connectivity index (χ1) is 15.0. The largest absolute Gasteiger partial charge is 0.444 e. The van der Waals surface area contributed by atoms with E-state index in [0.717, 1.165) is 38.5 Å². The zero-order valence-electron chi connectivity index (χ0n) is 22.7. The van der Waals surface area contributed by atoms with Gasteiger partial charge in [-0.1, -0.05) is 40.0 Å². The zero-order valence-corrected chi connectivity index (χ0v) is 23.7. The fourth-order valence-electron chi connectivity index (χ4n) is 7.10. The first-order valence-electron chi connectivity index (χ1n) is 13.2. The minimum Gasteiger partial charge on any atom is -0.444 e. The van der Waals surface area contributed by atoms with Crippen LogP contribution < -0.4 is 5.32 Å². The van der Waals surface area contributed by atoms with Crippen LogP contribution in [-0.4, -0.2) is 37.4 Å². The number of alkyl carbamates (subject to hydrolysis) is 1. The van der Waals surface area contributed by atoms with Crippen molar-refractivity contribution >= 4 is 20.2 Å². The van der Waals surface area contributed by atoms with Gasteiger partial charge in [-0.2, -0.15) is 0 Å². The van der Waals surface area contributed by atoms with Gasteiger partial charge in [0.1, 0.15) is 11.2 Å². The molecule has 0 heterocycles. The lowest BCUT2D eigenvalue weighted by atomic mass is 9.62. The number of ketones is 1. The molecule has 0 unspecified atom stereocenters. The van der Waals surface area contributed by atoms with E-state index in [9.17, 15) is 9.59 Å². The van der Waals surface area contributed by atoms with Gasteiger partial charge in [0.2, 0.25) is 0 Å². The number of ether oxygens (including phenoxy) is 1. The van der Waals surface area contributed by atoms with Crippen molar-refractivity contribution in [3.8, 4) is 0 Å². The maximum Gasteiger partial charge on any atom is 0.407 e. The first kappa shape index (κ1) is 26.7. The molecule has 0 aromatic rings. The third-order valence-electron chi connectivity index (χ3n) is 9.12. The van der Waals surface area contributed by atoms with E-state index in [1.54, 1.807) is 0 Å². The lowest BCUT2D eigenvalue weighted by Gasteiger charge is -2.50. The molecule has 190 valence electrons. The number of rotatable bonds is 7. The first-order valence-corrected chi connectivity index (χ1v) is 16.6. The predicted molar refractivity (Wildman–Crippen MR) is 136 cm³/mol. The minimum absolute atomic E-state index is 0.0707. The highest BCUT2D eigenvalue weighted by molar-refractivity contribution is 6.70. The van der Waals surface area contributed by atoms with Crippen LogP contribution in [0.3, 0.4) is 0 Å². The minimum atomic E-state index is -1.99. The summed E-state index contributed by atoms with van der Waals surface area (Å²) in [4.78, 5) is 27.1.